The number of hydrogen-bond acceptors (Lipinski definition) is 3. The molecule has 17 heavy (non-hydrogen) atoms. The number of methoxy groups -OCH3 is 1. The summed E-state index contributed by atoms with van der Waals surface area (Å²) in [5.74, 6) is -1.20. The van der Waals surface area contributed by atoms with Gasteiger partial charge in [0.25, 0.3) is 0 Å². The van der Waals surface area contributed by atoms with Gasteiger partial charge in [-0.3, -0.25) is 9.59 Å². The first-order valence-electron chi connectivity index (χ1n) is 5.11. The third-order valence-electron chi connectivity index (χ3n) is 2.24. The maximum atomic E-state index is 11.4. The van der Waals surface area contributed by atoms with E-state index in [0.29, 0.717) is 11.4 Å². The first-order chi connectivity index (χ1) is 7.93. The van der Waals surface area contributed by atoms with E-state index in [9.17, 15) is 9.59 Å². The lowest BCUT2D eigenvalue weighted by Gasteiger charge is -2.13. The lowest BCUT2D eigenvalue weighted by Crippen LogP contribution is -2.17. The highest BCUT2D eigenvalue weighted by molar-refractivity contribution is 6.02. The van der Waals surface area contributed by atoms with Gasteiger partial charge in [0.2, 0.25) is 5.91 Å². The largest absolute Gasteiger partial charge is 0.495 e. The Kier molecular flexibility index (Phi) is 4.09. The Hall–Kier alpha value is -2.04. The maximum absolute atomic E-state index is 11.4. The molecule has 0 fully saturated rings. The molecule has 0 saturated heterocycles. The van der Waals surface area contributed by atoms with Gasteiger partial charge in [-0.15, -0.1) is 0 Å². The number of carbonyl (C=O) groups excluding carboxylic acids is 1. The number of hydrogen-bond donors (Lipinski definition) is 2. The topological polar surface area (TPSA) is 75.6 Å². The molecule has 0 aliphatic rings. The molecule has 1 aromatic rings. The summed E-state index contributed by atoms with van der Waals surface area (Å²) in [4.78, 5) is 21.8. The van der Waals surface area contributed by atoms with E-state index in [1.165, 1.54) is 7.11 Å². The molecule has 0 bridgehead atoms. The molecule has 0 saturated carbocycles. The number of carboxylic acids is 1. The normalized spacial score (nSPS) is 9.82. The minimum atomic E-state index is -1.16. The number of carbonyl (C=O) groups is 2. The SMILES string of the molecule is COc1cc(C)cc(C)c1NC(=O)CC(=O)O. The fourth-order valence-corrected chi connectivity index (χ4v) is 1.57. The van der Waals surface area contributed by atoms with E-state index in [4.69, 9.17) is 9.84 Å². The van der Waals surface area contributed by atoms with Gasteiger partial charge in [-0.05, 0) is 31.0 Å². The highest BCUT2D eigenvalue weighted by Gasteiger charge is 2.13. The Morgan fingerprint density at radius 2 is 2.00 bits per heavy atom. The van der Waals surface area contributed by atoms with Crippen LogP contribution in [0.2, 0.25) is 0 Å². The predicted octanol–water partition coefficient (Wildman–Crippen LogP) is 1.73. The van der Waals surface area contributed by atoms with E-state index in [2.05, 4.69) is 5.32 Å². The second-order valence-electron chi connectivity index (χ2n) is 3.78. The molecule has 0 heterocycles. The van der Waals surface area contributed by atoms with Crippen LogP contribution in [0.1, 0.15) is 17.5 Å². The number of rotatable bonds is 4. The smallest absolute Gasteiger partial charge is 0.312 e. The van der Waals surface area contributed by atoms with Crippen LogP contribution in [0.4, 0.5) is 5.69 Å². The fraction of sp³-hybridized carbons (Fsp3) is 0.333. The predicted molar refractivity (Wildman–Crippen MR) is 63.4 cm³/mol. The minimum absolute atomic E-state index is 0.518. The van der Waals surface area contributed by atoms with Crippen molar-refractivity contribution >= 4 is 17.6 Å². The molecule has 1 amide bonds. The van der Waals surface area contributed by atoms with Gasteiger partial charge in [-0.25, -0.2) is 0 Å². The number of ether oxygens (including phenoxy) is 1. The Labute approximate surface area is 99.4 Å². The summed E-state index contributed by atoms with van der Waals surface area (Å²) in [6.45, 7) is 3.74. The van der Waals surface area contributed by atoms with Gasteiger partial charge < -0.3 is 15.2 Å². The maximum Gasteiger partial charge on any atom is 0.312 e. The molecule has 1 aromatic carbocycles. The van der Waals surface area contributed by atoms with Gasteiger partial charge in [-0.2, -0.15) is 0 Å². The average molecular weight is 237 g/mol. The Morgan fingerprint density at radius 3 is 2.53 bits per heavy atom. The number of benzene rings is 1. The summed E-state index contributed by atoms with van der Waals surface area (Å²) in [5.41, 5.74) is 2.36. The summed E-state index contributed by atoms with van der Waals surface area (Å²) in [7, 11) is 1.50. The van der Waals surface area contributed by atoms with Gasteiger partial charge in [0.05, 0.1) is 12.8 Å². The van der Waals surface area contributed by atoms with Crippen LogP contribution in [0.25, 0.3) is 0 Å². The fourth-order valence-electron chi connectivity index (χ4n) is 1.57. The van der Waals surface area contributed by atoms with Crippen molar-refractivity contribution in [2.45, 2.75) is 20.3 Å². The van der Waals surface area contributed by atoms with Crippen LogP contribution in [0.5, 0.6) is 5.75 Å². The molecule has 0 unspecified atom stereocenters. The molecule has 0 aromatic heterocycles. The van der Waals surface area contributed by atoms with E-state index in [1.54, 1.807) is 6.07 Å². The van der Waals surface area contributed by atoms with Crippen molar-refractivity contribution in [3.63, 3.8) is 0 Å². The van der Waals surface area contributed by atoms with Crippen molar-refractivity contribution in [1.29, 1.82) is 0 Å². The molecule has 2 N–H and O–H groups in total. The molecule has 5 heteroatoms. The molecule has 0 spiro atoms. The molecule has 0 radical (unpaired) electrons. The molecule has 0 aliphatic carbocycles. The summed E-state index contributed by atoms with van der Waals surface area (Å²) < 4.78 is 5.15. The zero-order valence-corrected chi connectivity index (χ0v) is 10.0. The van der Waals surface area contributed by atoms with E-state index in [-0.39, 0.29) is 0 Å². The standard InChI is InChI=1S/C12H15NO4/c1-7-4-8(2)12(9(5-7)17-3)13-10(14)6-11(15)16/h4-5H,6H2,1-3H3,(H,13,14)(H,15,16). The molecular formula is C12H15NO4. The van der Waals surface area contributed by atoms with Gasteiger partial charge >= 0.3 is 5.97 Å². The van der Waals surface area contributed by atoms with Crippen LogP contribution >= 0.6 is 0 Å². The van der Waals surface area contributed by atoms with Crippen LogP contribution in [-0.2, 0) is 9.59 Å². The van der Waals surface area contributed by atoms with Gasteiger partial charge in [-0.1, -0.05) is 6.07 Å². The monoisotopic (exact) mass is 237 g/mol. The lowest BCUT2D eigenvalue weighted by atomic mass is 10.1. The number of nitrogens with one attached hydrogen (secondary N) is 1. The summed E-state index contributed by atoms with van der Waals surface area (Å²) >= 11 is 0. The van der Waals surface area contributed by atoms with Crippen LogP contribution in [-0.4, -0.2) is 24.1 Å². The van der Waals surface area contributed by atoms with E-state index < -0.39 is 18.3 Å². The Balaban J connectivity index is 2.97. The number of carboxylic acid groups (broad SMARTS) is 1. The van der Waals surface area contributed by atoms with Crippen molar-refractivity contribution in [3.05, 3.63) is 23.3 Å². The van der Waals surface area contributed by atoms with Crippen molar-refractivity contribution < 1.29 is 19.4 Å². The van der Waals surface area contributed by atoms with Gasteiger partial charge in [0.1, 0.15) is 12.2 Å². The second kappa shape index (κ2) is 5.34. The van der Waals surface area contributed by atoms with Crippen molar-refractivity contribution in [1.82, 2.24) is 0 Å². The van der Waals surface area contributed by atoms with E-state index in [0.717, 1.165) is 11.1 Å². The van der Waals surface area contributed by atoms with Gasteiger partial charge in [0, 0.05) is 0 Å². The van der Waals surface area contributed by atoms with Crippen LogP contribution in [0.15, 0.2) is 12.1 Å². The zero-order chi connectivity index (χ0) is 13.0. The third-order valence-corrected chi connectivity index (χ3v) is 2.24. The minimum Gasteiger partial charge on any atom is -0.495 e. The second-order valence-corrected chi connectivity index (χ2v) is 3.78. The van der Waals surface area contributed by atoms with Crippen molar-refractivity contribution in [2.75, 3.05) is 12.4 Å². The number of aryl methyl sites for hydroxylation is 2. The van der Waals surface area contributed by atoms with Crippen LogP contribution in [0.3, 0.4) is 0 Å². The van der Waals surface area contributed by atoms with Crippen molar-refractivity contribution in [2.24, 2.45) is 0 Å². The van der Waals surface area contributed by atoms with Crippen LogP contribution in [0, 0.1) is 13.8 Å². The van der Waals surface area contributed by atoms with Gasteiger partial charge in [0.15, 0.2) is 0 Å². The quantitative estimate of drug-likeness (QED) is 0.782. The molecule has 92 valence electrons. The third kappa shape index (κ3) is 3.48. The first kappa shape index (κ1) is 13.0. The van der Waals surface area contributed by atoms with E-state index >= 15 is 0 Å². The lowest BCUT2D eigenvalue weighted by molar-refractivity contribution is -0.139. The summed E-state index contributed by atoms with van der Waals surface area (Å²) in [5, 5.41) is 11.1. The summed E-state index contributed by atoms with van der Waals surface area (Å²) in [6, 6.07) is 3.67. The van der Waals surface area contributed by atoms with E-state index in [1.807, 2.05) is 19.9 Å². The van der Waals surface area contributed by atoms with Crippen LogP contribution < -0.4 is 10.1 Å². The highest BCUT2D eigenvalue weighted by atomic mass is 16.5. The molecular weight excluding hydrogens is 222 g/mol. The molecule has 1 rings (SSSR count). The Bertz CT molecular complexity index is 454. The molecule has 0 atom stereocenters. The zero-order valence-electron chi connectivity index (χ0n) is 10.0. The number of amides is 1. The molecule has 0 aliphatic heterocycles. The molecule has 5 nitrogen and oxygen atoms in total. The highest BCUT2D eigenvalue weighted by Crippen LogP contribution is 2.29. The first-order valence-corrected chi connectivity index (χ1v) is 5.11. The Morgan fingerprint density at radius 1 is 1.35 bits per heavy atom. The number of aliphatic carboxylic acids is 1. The average Bonchev–Trinajstić information content (AvgIpc) is 2.20. The van der Waals surface area contributed by atoms with Crippen molar-refractivity contribution in [3.8, 4) is 5.75 Å². The summed E-state index contributed by atoms with van der Waals surface area (Å²) in [6.07, 6.45) is -0.559. The number of anilines is 1.